The van der Waals surface area contributed by atoms with Crippen LogP contribution in [0.2, 0.25) is 0 Å². The summed E-state index contributed by atoms with van der Waals surface area (Å²) >= 11 is 0. The maximum absolute atomic E-state index is 11.2. The van der Waals surface area contributed by atoms with Crippen molar-refractivity contribution in [3.05, 3.63) is 35.9 Å². The molecule has 1 aromatic rings. The van der Waals surface area contributed by atoms with Gasteiger partial charge in [0, 0.05) is 0 Å². The minimum Gasteiger partial charge on any atom is -0.348 e. The standard InChI is InChI=1S/C11H13NO/c1-11(2)9(12-10(11)13)8-6-4-3-5-7-8/h3-7,9H,1-2H3,(H,12,13)/t9-/m1/s1. The monoisotopic (exact) mass is 175 g/mol. The summed E-state index contributed by atoms with van der Waals surface area (Å²) in [7, 11) is 0. The molecule has 13 heavy (non-hydrogen) atoms. The van der Waals surface area contributed by atoms with Crippen LogP contribution in [0.5, 0.6) is 0 Å². The largest absolute Gasteiger partial charge is 0.348 e. The Labute approximate surface area is 78.0 Å². The van der Waals surface area contributed by atoms with E-state index in [1.807, 2.05) is 44.2 Å². The maximum atomic E-state index is 11.2. The molecule has 0 radical (unpaired) electrons. The van der Waals surface area contributed by atoms with Gasteiger partial charge in [0.2, 0.25) is 5.91 Å². The van der Waals surface area contributed by atoms with E-state index in [-0.39, 0.29) is 17.4 Å². The molecule has 1 fully saturated rings. The third-order valence-corrected chi connectivity index (χ3v) is 2.72. The second-order valence-corrected chi connectivity index (χ2v) is 4.04. The lowest BCUT2D eigenvalue weighted by molar-refractivity contribution is -0.143. The highest BCUT2D eigenvalue weighted by Crippen LogP contribution is 2.40. The first-order chi connectivity index (χ1) is 6.12. The Hall–Kier alpha value is -1.31. The molecule has 1 aromatic carbocycles. The number of benzene rings is 1. The Morgan fingerprint density at radius 2 is 1.85 bits per heavy atom. The fourth-order valence-corrected chi connectivity index (χ4v) is 1.70. The van der Waals surface area contributed by atoms with E-state index < -0.39 is 0 Å². The number of β-lactam (4-membered cyclic amide) rings is 1. The quantitative estimate of drug-likeness (QED) is 0.649. The van der Waals surface area contributed by atoms with Crippen LogP contribution >= 0.6 is 0 Å². The predicted octanol–water partition coefficient (Wildman–Crippen LogP) is 1.88. The summed E-state index contributed by atoms with van der Waals surface area (Å²) in [5, 5.41) is 2.91. The van der Waals surface area contributed by atoms with Gasteiger partial charge in [0.1, 0.15) is 0 Å². The Morgan fingerprint density at radius 1 is 1.23 bits per heavy atom. The molecule has 1 aliphatic heterocycles. The first-order valence-corrected chi connectivity index (χ1v) is 4.48. The van der Waals surface area contributed by atoms with Crippen molar-refractivity contribution in [3.8, 4) is 0 Å². The van der Waals surface area contributed by atoms with Crippen LogP contribution < -0.4 is 5.32 Å². The summed E-state index contributed by atoms with van der Waals surface area (Å²) in [6, 6.07) is 10.3. The Bertz CT molecular complexity index is 329. The minimum atomic E-state index is -0.249. The molecule has 1 aliphatic rings. The van der Waals surface area contributed by atoms with Crippen LogP contribution in [0.15, 0.2) is 30.3 Å². The molecular weight excluding hydrogens is 162 g/mol. The minimum absolute atomic E-state index is 0.140. The number of amides is 1. The molecule has 2 heteroatoms. The molecule has 0 aliphatic carbocycles. The fraction of sp³-hybridized carbons (Fsp3) is 0.364. The van der Waals surface area contributed by atoms with Gasteiger partial charge in [-0.05, 0) is 19.4 Å². The highest BCUT2D eigenvalue weighted by atomic mass is 16.2. The van der Waals surface area contributed by atoms with E-state index in [9.17, 15) is 4.79 Å². The second-order valence-electron chi connectivity index (χ2n) is 4.04. The average Bonchev–Trinajstić information content (AvgIpc) is 2.15. The molecule has 1 saturated heterocycles. The van der Waals surface area contributed by atoms with Gasteiger partial charge in [0.15, 0.2) is 0 Å². The van der Waals surface area contributed by atoms with Crippen LogP contribution in [0.1, 0.15) is 25.5 Å². The van der Waals surface area contributed by atoms with E-state index in [1.54, 1.807) is 0 Å². The van der Waals surface area contributed by atoms with Crippen molar-refractivity contribution in [1.29, 1.82) is 0 Å². The van der Waals surface area contributed by atoms with Crippen molar-refractivity contribution in [3.63, 3.8) is 0 Å². The molecule has 68 valence electrons. The summed E-state index contributed by atoms with van der Waals surface area (Å²) in [4.78, 5) is 11.2. The molecule has 1 atom stereocenters. The number of hydrogen-bond acceptors (Lipinski definition) is 1. The molecule has 0 aromatic heterocycles. The van der Waals surface area contributed by atoms with Crippen molar-refractivity contribution < 1.29 is 4.79 Å². The zero-order valence-corrected chi connectivity index (χ0v) is 7.87. The van der Waals surface area contributed by atoms with Gasteiger partial charge in [-0.25, -0.2) is 0 Å². The third kappa shape index (κ3) is 1.13. The molecule has 0 unspecified atom stereocenters. The van der Waals surface area contributed by atoms with Crippen LogP contribution in [0.3, 0.4) is 0 Å². The molecule has 0 spiro atoms. The molecule has 2 nitrogen and oxygen atoms in total. The van der Waals surface area contributed by atoms with E-state index in [2.05, 4.69) is 5.32 Å². The molecule has 0 bridgehead atoms. The normalized spacial score (nSPS) is 24.8. The molecule has 2 rings (SSSR count). The lowest BCUT2D eigenvalue weighted by Crippen LogP contribution is -2.57. The average molecular weight is 175 g/mol. The van der Waals surface area contributed by atoms with Crippen LogP contribution in [0, 0.1) is 5.41 Å². The Balaban J connectivity index is 2.27. The molecule has 1 N–H and O–H groups in total. The summed E-state index contributed by atoms with van der Waals surface area (Å²) < 4.78 is 0. The molecular formula is C11H13NO. The van der Waals surface area contributed by atoms with Crippen molar-refractivity contribution >= 4 is 5.91 Å². The Morgan fingerprint density at radius 3 is 2.31 bits per heavy atom. The van der Waals surface area contributed by atoms with E-state index in [0.29, 0.717) is 0 Å². The van der Waals surface area contributed by atoms with Gasteiger partial charge in [0.25, 0.3) is 0 Å². The van der Waals surface area contributed by atoms with Gasteiger partial charge in [-0.1, -0.05) is 30.3 Å². The van der Waals surface area contributed by atoms with Gasteiger partial charge in [-0.2, -0.15) is 0 Å². The van der Waals surface area contributed by atoms with Crippen LogP contribution in [-0.2, 0) is 4.79 Å². The van der Waals surface area contributed by atoms with Crippen molar-refractivity contribution in [2.24, 2.45) is 5.41 Å². The highest BCUT2D eigenvalue weighted by Gasteiger charge is 2.47. The number of nitrogens with one attached hydrogen (secondary N) is 1. The van der Waals surface area contributed by atoms with Gasteiger partial charge in [0.05, 0.1) is 11.5 Å². The predicted molar refractivity (Wildman–Crippen MR) is 51.1 cm³/mol. The van der Waals surface area contributed by atoms with Gasteiger partial charge in [-0.3, -0.25) is 4.79 Å². The van der Waals surface area contributed by atoms with Gasteiger partial charge < -0.3 is 5.32 Å². The zero-order valence-electron chi connectivity index (χ0n) is 7.87. The number of carbonyl (C=O) groups excluding carboxylic acids is 1. The first kappa shape index (κ1) is 8.30. The Kier molecular flexibility index (Phi) is 1.65. The lowest BCUT2D eigenvalue weighted by Gasteiger charge is -2.44. The summed E-state index contributed by atoms with van der Waals surface area (Å²) in [5.74, 6) is 0.140. The van der Waals surface area contributed by atoms with E-state index in [0.717, 1.165) is 0 Å². The van der Waals surface area contributed by atoms with Crippen LogP contribution in [0.25, 0.3) is 0 Å². The second kappa shape index (κ2) is 2.59. The summed E-state index contributed by atoms with van der Waals surface area (Å²) in [5.41, 5.74) is 0.938. The number of carbonyl (C=O) groups is 1. The lowest BCUT2D eigenvalue weighted by atomic mass is 9.73. The van der Waals surface area contributed by atoms with Gasteiger partial charge >= 0.3 is 0 Å². The van der Waals surface area contributed by atoms with E-state index >= 15 is 0 Å². The van der Waals surface area contributed by atoms with E-state index in [4.69, 9.17) is 0 Å². The highest BCUT2D eigenvalue weighted by molar-refractivity contribution is 5.89. The van der Waals surface area contributed by atoms with E-state index in [1.165, 1.54) is 5.56 Å². The number of hydrogen-bond donors (Lipinski definition) is 1. The van der Waals surface area contributed by atoms with Crippen molar-refractivity contribution in [2.75, 3.05) is 0 Å². The maximum Gasteiger partial charge on any atom is 0.228 e. The fourth-order valence-electron chi connectivity index (χ4n) is 1.70. The third-order valence-electron chi connectivity index (χ3n) is 2.72. The molecule has 0 saturated carbocycles. The van der Waals surface area contributed by atoms with Crippen LogP contribution in [-0.4, -0.2) is 5.91 Å². The van der Waals surface area contributed by atoms with Crippen molar-refractivity contribution in [1.82, 2.24) is 5.32 Å². The molecule has 1 heterocycles. The zero-order chi connectivity index (χ0) is 9.47. The molecule has 1 amide bonds. The topological polar surface area (TPSA) is 29.1 Å². The van der Waals surface area contributed by atoms with Crippen LogP contribution in [0.4, 0.5) is 0 Å². The van der Waals surface area contributed by atoms with Gasteiger partial charge in [-0.15, -0.1) is 0 Å². The smallest absolute Gasteiger partial charge is 0.228 e. The summed E-state index contributed by atoms with van der Waals surface area (Å²) in [6.45, 7) is 3.95. The SMILES string of the molecule is CC1(C)C(=O)N[C@@H]1c1ccccc1. The van der Waals surface area contributed by atoms with Crippen molar-refractivity contribution in [2.45, 2.75) is 19.9 Å². The summed E-state index contributed by atoms with van der Waals surface area (Å²) in [6.07, 6.45) is 0. The number of rotatable bonds is 1. The first-order valence-electron chi connectivity index (χ1n) is 4.48.